The lowest BCUT2D eigenvalue weighted by atomic mass is 9.86. The topological polar surface area (TPSA) is 15.3 Å². The SMILES string of the molecule is CCC(CNC(C)C)N(C)C(C)C(C)(C)C. The van der Waals surface area contributed by atoms with Crippen molar-refractivity contribution in [2.24, 2.45) is 5.41 Å². The van der Waals surface area contributed by atoms with E-state index >= 15 is 0 Å². The molecule has 16 heavy (non-hydrogen) atoms. The van der Waals surface area contributed by atoms with E-state index in [4.69, 9.17) is 0 Å². The van der Waals surface area contributed by atoms with Gasteiger partial charge in [0.1, 0.15) is 0 Å². The van der Waals surface area contributed by atoms with Gasteiger partial charge in [0.05, 0.1) is 0 Å². The number of hydrogen-bond donors (Lipinski definition) is 1. The molecule has 2 heteroatoms. The zero-order valence-electron chi connectivity index (χ0n) is 12.6. The van der Waals surface area contributed by atoms with E-state index in [1.807, 2.05) is 0 Å². The van der Waals surface area contributed by atoms with E-state index in [2.05, 4.69) is 65.7 Å². The smallest absolute Gasteiger partial charge is 0.0218 e. The Hall–Kier alpha value is -0.0800. The average Bonchev–Trinajstić information content (AvgIpc) is 2.15. The van der Waals surface area contributed by atoms with Crippen LogP contribution >= 0.6 is 0 Å². The van der Waals surface area contributed by atoms with Crippen molar-refractivity contribution >= 4 is 0 Å². The Bertz CT molecular complexity index is 182. The Morgan fingerprint density at radius 1 is 1.12 bits per heavy atom. The van der Waals surface area contributed by atoms with Crippen molar-refractivity contribution in [3.05, 3.63) is 0 Å². The van der Waals surface area contributed by atoms with Gasteiger partial charge in [-0.25, -0.2) is 0 Å². The molecular formula is C14H32N2. The van der Waals surface area contributed by atoms with Crippen molar-refractivity contribution in [2.45, 2.75) is 73.0 Å². The molecule has 0 aromatic carbocycles. The highest BCUT2D eigenvalue weighted by molar-refractivity contribution is 4.82. The molecule has 0 saturated carbocycles. The highest BCUT2D eigenvalue weighted by Gasteiger charge is 2.27. The Balaban J connectivity index is 4.35. The van der Waals surface area contributed by atoms with Crippen LogP contribution in [0.2, 0.25) is 0 Å². The third-order valence-electron chi connectivity index (χ3n) is 3.67. The Morgan fingerprint density at radius 3 is 1.94 bits per heavy atom. The van der Waals surface area contributed by atoms with Crippen LogP contribution in [0.4, 0.5) is 0 Å². The van der Waals surface area contributed by atoms with Crippen LogP contribution in [0.3, 0.4) is 0 Å². The maximum Gasteiger partial charge on any atom is 0.0218 e. The summed E-state index contributed by atoms with van der Waals surface area (Å²) >= 11 is 0. The van der Waals surface area contributed by atoms with Crippen molar-refractivity contribution in [2.75, 3.05) is 13.6 Å². The highest BCUT2D eigenvalue weighted by atomic mass is 15.2. The van der Waals surface area contributed by atoms with Gasteiger partial charge in [0, 0.05) is 24.7 Å². The zero-order valence-corrected chi connectivity index (χ0v) is 12.6. The van der Waals surface area contributed by atoms with Crippen LogP contribution < -0.4 is 5.32 Å². The van der Waals surface area contributed by atoms with Crippen LogP contribution in [0.5, 0.6) is 0 Å². The van der Waals surface area contributed by atoms with Gasteiger partial charge in [-0.3, -0.25) is 4.90 Å². The molecule has 0 aromatic rings. The Morgan fingerprint density at radius 2 is 1.62 bits per heavy atom. The first-order chi connectivity index (χ1) is 7.20. The summed E-state index contributed by atoms with van der Waals surface area (Å²) in [5.74, 6) is 0. The summed E-state index contributed by atoms with van der Waals surface area (Å²) in [5, 5.41) is 3.54. The highest BCUT2D eigenvalue weighted by Crippen LogP contribution is 2.24. The maximum atomic E-state index is 3.54. The van der Waals surface area contributed by atoms with Gasteiger partial charge in [-0.2, -0.15) is 0 Å². The molecule has 2 nitrogen and oxygen atoms in total. The van der Waals surface area contributed by atoms with Crippen molar-refractivity contribution < 1.29 is 0 Å². The fraction of sp³-hybridized carbons (Fsp3) is 1.00. The Labute approximate surface area is 103 Å². The maximum absolute atomic E-state index is 3.54. The van der Waals surface area contributed by atoms with Crippen LogP contribution in [0.1, 0.15) is 54.9 Å². The predicted octanol–water partition coefficient (Wildman–Crippen LogP) is 3.13. The van der Waals surface area contributed by atoms with E-state index < -0.39 is 0 Å². The molecule has 0 amide bonds. The van der Waals surface area contributed by atoms with Gasteiger partial charge >= 0.3 is 0 Å². The third kappa shape index (κ3) is 5.31. The molecule has 2 atom stereocenters. The van der Waals surface area contributed by atoms with Gasteiger partial charge in [-0.15, -0.1) is 0 Å². The molecular weight excluding hydrogens is 196 g/mol. The molecule has 98 valence electrons. The first kappa shape index (κ1) is 15.9. The molecule has 2 unspecified atom stereocenters. The lowest BCUT2D eigenvalue weighted by molar-refractivity contribution is 0.0931. The number of hydrogen-bond acceptors (Lipinski definition) is 2. The summed E-state index contributed by atoms with van der Waals surface area (Å²) in [6, 6.07) is 1.82. The van der Waals surface area contributed by atoms with Crippen LogP contribution in [0.15, 0.2) is 0 Å². The zero-order chi connectivity index (χ0) is 12.9. The van der Waals surface area contributed by atoms with Gasteiger partial charge < -0.3 is 5.32 Å². The molecule has 0 aliphatic heterocycles. The molecule has 0 bridgehead atoms. The standard InChI is InChI=1S/C14H32N2/c1-9-13(10-15-11(2)3)16(8)12(4)14(5,6)7/h11-13,15H,9-10H2,1-8H3. The van der Waals surface area contributed by atoms with E-state index in [1.165, 1.54) is 6.42 Å². The fourth-order valence-corrected chi connectivity index (χ4v) is 1.88. The first-order valence-corrected chi connectivity index (χ1v) is 6.65. The van der Waals surface area contributed by atoms with Gasteiger partial charge in [0.2, 0.25) is 0 Å². The summed E-state index contributed by atoms with van der Waals surface area (Å²) in [6.07, 6.45) is 1.20. The largest absolute Gasteiger partial charge is 0.313 e. The number of rotatable bonds is 6. The summed E-state index contributed by atoms with van der Waals surface area (Å²) in [6.45, 7) is 17.1. The van der Waals surface area contributed by atoms with Gasteiger partial charge in [-0.05, 0) is 25.8 Å². The van der Waals surface area contributed by atoms with Crippen LogP contribution in [-0.4, -0.2) is 36.6 Å². The average molecular weight is 228 g/mol. The van der Waals surface area contributed by atoms with Gasteiger partial charge in [0.15, 0.2) is 0 Å². The number of likely N-dealkylation sites (N-methyl/N-ethyl adjacent to an activating group) is 1. The second-order valence-electron chi connectivity index (χ2n) is 6.33. The van der Waals surface area contributed by atoms with Crippen LogP contribution in [0.25, 0.3) is 0 Å². The van der Waals surface area contributed by atoms with E-state index in [0.717, 1.165) is 6.54 Å². The van der Waals surface area contributed by atoms with Crippen molar-refractivity contribution in [3.8, 4) is 0 Å². The normalized spacial score (nSPS) is 16.9. The predicted molar refractivity (Wildman–Crippen MR) is 73.9 cm³/mol. The van der Waals surface area contributed by atoms with Gasteiger partial charge in [-0.1, -0.05) is 41.5 Å². The summed E-state index contributed by atoms with van der Waals surface area (Å²) < 4.78 is 0. The lowest BCUT2D eigenvalue weighted by Gasteiger charge is -2.40. The molecule has 0 spiro atoms. The second-order valence-corrected chi connectivity index (χ2v) is 6.33. The van der Waals surface area contributed by atoms with Crippen molar-refractivity contribution in [1.29, 1.82) is 0 Å². The van der Waals surface area contributed by atoms with E-state index in [9.17, 15) is 0 Å². The molecule has 0 aromatic heterocycles. The molecule has 0 rings (SSSR count). The fourth-order valence-electron chi connectivity index (χ4n) is 1.88. The minimum Gasteiger partial charge on any atom is -0.313 e. The molecule has 0 aliphatic carbocycles. The van der Waals surface area contributed by atoms with E-state index in [1.54, 1.807) is 0 Å². The Kier molecular flexibility index (Phi) is 6.57. The third-order valence-corrected chi connectivity index (χ3v) is 3.67. The molecule has 1 N–H and O–H groups in total. The molecule has 0 aliphatic rings. The lowest BCUT2D eigenvalue weighted by Crippen LogP contribution is -2.49. The first-order valence-electron chi connectivity index (χ1n) is 6.65. The summed E-state index contributed by atoms with van der Waals surface area (Å²) in [4.78, 5) is 2.52. The van der Waals surface area contributed by atoms with Crippen molar-refractivity contribution in [3.63, 3.8) is 0 Å². The number of nitrogens with one attached hydrogen (secondary N) is 1. The molecule has 0 fully saturated rings. The second kappa shape index (κ2) is 6.61. The van der Waals surface area contributed by atoms with E-state index in [0.29, 0.717) is 23.5 Å². The quantitative estimate of drug-likeness (QED) is 0.751. The summed E-state index contributed by atoms with van der Waals surface area (Å²) in [5.41, 5.74) is 0.347. The van der Waals surface area contributed by atoms with Crippen LogP contribution in [-0.2, 0) is 0 Å². The molecule has 0 heterocycles. The monoisotopic (exact) mass is 228 g/mol. The van der Waals surface area contributed by atoms with E-state index in [-0.39, 0.29) is 0 Å². The van der Waals surface area contributed by atoms with Gasteiger partial charge in [0.25, 0.3) is 0 Å². The molecule has 0 saturated heterocycles. The summed E-state index contributed by atoms with van der Waals surface area (Å²) in [7, 11) is 2.26. The number of nitrogens with zero attached hydrogens (tertiary/aromatic N) is 1. The van der Waals surface area contributed by atoms with Crippen LogP contribution in [0, 0.1) is 5.41 Å². The minimum absolute atomic E-state index is 0.347. The minimum atomic E-state index is 0.347. The molecule has 0 radical (unpaired) electrons. The van der Waals surface area contributed by atoms with Crippen molar-refractivity contribution in [1.82, 2.24) is 10.2 Å².